The van der Waals surface area contributed by atoms with E-state index in [2.05, 4.69) is 19.6 Å². The Bertz CT molecular complexity index is 585. The van der Waals surface area contributed by atoms with Crippen LogP contribution in [0.2, 0.25) is 0 Å². The van der Waals surface area contributed by atoms with Crippen LogP contribution in [0.4, 0.5) is 4.79 Å². The topological polar surface area (TPSA) is 79.8 Å². The molecular weight excluding hydrogens is 374 g/mol. The monoisotopic (exact) mass is 409 g/mol. The van der Waals surface area contributed by atoms with Crippen LogP contribution in [-0.2, 0) is 9.53 Å². The number of amides is 1. The van der Waals surface area contributed by atoms with E-state index in [1.165, 1.54) is 25.9 Å². The van der Waals surface area contributed by atoms with Gasteiger partial charge in [0, 0.05) is 78.5 Å². The second-order valence-electron chi connectivity index (χ2n) is 8.87. The summed E-state index contributed by atoms with van der Waals surface area (Å²) in [6.07, 6.45) is 3.43. The molecule has 9 nitrogen and oxygen atoms in total. The lowest BCUT2D eigenvalue weighted by molar-refractivity contribution is -0.137. The van der Waals surface area contributed by atoms with Crippen LogP contribution in [0.1, 0.15) is 25.7 Å². The minimum atomic E-state index is -0.753. The Morgan fingerprint density at radius 3 is 2.14 bits per heavy atom. The molecule has 3 heterocycles. The van der Waals surface area contributed by atoms with Gasteiger partial charge in [-0.05, 0) is 19.3 Å². The van der Waals surface area contributed by atoms with Gasteiger partial charge in [-0.25, -0.2) is 4.79 Å². The van der Waals surface area contributed by atoms with Crippen molar-refractivity contribution in [1.29, 1.82) is 0 Å². The first-order chi connectivity index (χ1) is 14.0. The van der Waals surface area contributed by atoms with E-state index in [-0.39, 0.29) is 24.8 Å². The van der Waals surface area contributed by atoms with Gasteiger partial charge in [-0.1, -0.05) is 0 Å². The van der Waals surface area contributed by atoms with Gasteiger partial charge >= 0.3 is 12.1 Å². The quantitative estimate of drug-likeness (QED) is 0.601. The summed E-state index contributed by atoms with van der Waals surface area (Å²) in [6.45, 7) is 9.42. The molecule has 4 fully saturated rings. The molecule has 29 heavy (non-hydrogen) atoms. The summed E-state index contributed by atoms with van der Waals surface area (Å²) in [5.41, 5.74) is 0. The molecule has 0 spiro atoms. The van der Waals surface area contributed by atoms with E-state index in [1.807, 2.05) is 7.05 Å². The van der Waals surface area contributed by atoms with Crippen LogP contribution in [0.3, 0.4) is 0 Å². The molecule has 2 atom stereocenters. The van der Waals surface area contributed by atoms with Crippen LogP contribution in [-0.4, -0.2) is 132 Å². The van der Waals surface area contributed by atoms with E-state index >= 15 is 0 Å². The molecule has 0 aromatic heterocycles. The SMILES string of the molecule is CN1C(=O)OC(N2CCN(CCC(=O)O)CC2)C1CCN1CCN(C2CC2)CC1. The van der Waals surface area contributed by atoms with Crippen LogP contribution in [0.5, 0.6) is 0 Å². The van der Waals surface area contributed by atoms with Crippen molar-refractivity contribution in [3.63, 3.8) is 0 Å². The average molecular weight is 410 g/mol. The normalized spacial score (nSPS) is 30.7. The number of rotatable bonds is 8. The summed E-state index contributed by atoms with van der Waals surface area (Å²) in [6, 6.07) is 0.928. The van der Waals surface area contributed by atoms with Crippen LogP contribution in [0.15, 0.2) is 0 Å². The Morgan fingerprint density at radius 1 is 0.966 bits per heavy atom. The fourth-order valence-corrected chi connectivity index (χ4v) is 4.85. The van der Waals surface area contributed by atoms with E-state index in [0.29, 0.717) is 6.54 Å². The number of carbonyl (C=O) groups excluding carboxylic acids is 1. The van der Waals surface area contributed by atoms with Gasteiger partial charge in [0.25, 0.3) is 0 Å². The minimum absolute atomic E-state index is 0.0783. The van der Waals surface area contributed by atoms with Crippen molar-refractivity contribution in [1.82, 2.24) is 24.5 Å². The van der Waals surface area contributed by atoms with Crippen LogP contribution < -0.4 is 0 Å². The molecule has 0 radical (unpaired) electrons. The lowest BCUT2D eigenvalue weighted by atomic mass is 10.1. The highest BCUT2D eigenvalue weighted by Crippen LogP contribution is 2.28. The number of ether oxygens (including phenoxy) is 1. The highest BCUT2D eigenvalue weighted by atomic mass is 16.6. The van der Waals surface area contributed by atoms with Crippen molar-refractivity contribution in [2.45, 2.75) is 44.0 Å². The number of piperazine rings is 2. The van der Waals surface area contributed by atoms with Crippen molar-refractivity contribution in [2.24, 2.45) is 0 Å². The van der Waals surface area contributed by atoms with Crippen molar-refractivity contribution in [2.75, 3.05) is 72.5 Å². The van der Waals surface area contributed by atoms with Gasteiger partial charge in [-0.15, -0.1) is 0 Å². The number of hydrogen-bond acceptors (Lipinski definition) is 7. The van der Waals surface area contributed by atoms with Crippen LogP contribution >= 0.6 is 0 Å². The Labute approximate surface area is 173 Å². The summed E-state index contributed by atoms with van der Waals surface area (Å²) in [4.78, 5) is 34.4. The molecule has 4 aliphatic rings. The number of carbonyl (C=O) groups is 2. The molecule has 1 aliphatic carbocycles. The first-order valence-electron chi connectivity index (χ1n) is 11.1. The summed E-state index contributed by atoms with van der Waals surface area (Å²) in [7, 11) is 1.85. The second kappa shape index (κ2) is 9.16. The summed E-state index contributed by atoms with van der Waals surface area (Å²) in [5.74, 6) is -0.753. The molecule has 164 valence electrons. The molecule has 3 saturated heterocycles. The number of likely N-dealkylation sites (N-methyl/N-ethyl adjacent to an activating group) is 1. The van der Waals surface area contributed by atoms with Crippen LogP contribution in [0, 0.1) is 0 Å². The minimum Gasteiger partial charge on any atom is -0.481 e. The summed E-state index contributed by atoms with van der Waals surface area (Å²) >= 11 is 0. The highest BCUT2D eigenvalue weighted by Gasteiger charge is 2.43. The van der Waals surface area contributed by atoms with Gasteiger partial charge in [0.05, 0.1) is 12.5 Å². The maximum Gasteiger partial charge on any atom is 0.411 e. The summed E-state index contributed by atoms with van der Waals surface area (Å²) < 4.78 is 5.73. The van der Waals surface area contributed by atoms with Gasteiger partial charge in [-0.3, -0.25) is 14.6 Å². The molecule has 1 N–H and O–H groups in total. The van der Waals surface area contributed by atoms with E-state index in [9.17, 15) is 9.59 Å². The van der Waals surface area contributed by atoms with E-state index in [1.54, 1.807) is 4.90 Å². The van der Waals surface area contributed by atoms with E-state index in [0.717, 1.165) is 58.3 Å². The fourth-order valence-electron chi connectivity index (χ4n) is 4.85. The predicted octanol–water partition coefficient (Wildman–Crippen LogP) is 0.0255. The molecule has 2 unspecified atom stereocenters. The number of nitrogens with zero attached hydrogens (tertiary/aromatic N) is 5. The largest absolute Gasteiger partial charge is 0.481 e. The Balaban J connectivity index is 1.24. The lowest BCUT2D eigenvalue weighted by Crippen LogP contribution is -2.55. The van der Waals surface area contributed by atoms with E-state index in [4.69, 9.17) is 9.84 Å². The van der Waals surface area contributed by atoms with Crippen molar-refractivity contribution in [3.8, 4) is 0 Å². The molecule has 0 aromatic rings. The van der Waals surface area contributed by atoms with Crippen molar-refractivity contribution >= 4 is 12.1 Å². The number of cyclic esters (lactones) is 1. The second-order valence-corrected chi connectivity index (χ2v) is 8.87. The smallest absolute Gasteiger partial charge is 0.411 e. The molecule has 1 saturated carbocycles. The van der Waals surface area contributed by atoms with E-state index < -0.39 is 5.97 Å². The predicted molar refractivity (Wildman–Crippen MR) is 108 cm³/mol. The standard InChI is InChI=1S/C20H35N5O4/c1-21-17(4-6-22-8-12-24(13-9-22)16-2-3-16)19(29-20(21)28)25-14-10-23(11-15-25)7-5-18(26)27/h16-17,19H,2-15H2,1H3,(H,26,27). The van der Waals surface area contributed by atoms with Gasteiger partial charge < -0.3 is 24.5 Å². The zero-order valence-corrected chi connectivity index (χ0v) is 17.5. The lowest BCUT2D eigenvalue weighted by Gasteiger charge is -2.39. The first kappa shape index (κ1) is 20.8. The molecular formula is C20H35N5O4. The highest BCUT2D eigenvalue weighted by molar-refractivity contribution is 5.70. The number of hydrogen-bond donors (Lipinski definition) is 1. The summed E-state index contributed by atoms with van der Waals surface area (Å²) in [5, 5.41) is 8.87. The molecule has 3 aliphatic heterocycles. The third kappa shape index (κ3) is 5.20. The van der Waals surface area contributed by atoms with Gasteiger partial charge in [0.15, 0.2) is 6.23 Å². The molecule has 0 bridgehead atoms. The van der Waals surface area contributed by atoms with Crippen LogP contribution in [0.25, 0.3) is 0 Å². The molecule has 9 heteroatoms. The number of carboxylic acids is 1. The molecule has 0 aromatic carbocycles. The Morgan fingerprint density at radius 2 is 1.55 bits per heavy atom. The van der Waals surface area contributed by atoms with Gasteiger partial charge in [0.2, 0.25) is 0 Å². The molecule has 4 rings (SSSR count). The third-order valence-corrected chi connectivity index (χ3v) is 6.96. The first-order valence-corrected chi connectivity index (χ1v) is 11.1. The van der Waals surface area contributed by atoms with Gasteiger partial charge in [-0.2, -0.15) is 0 Å². The number of aliphatic carboxylic acids is 1. The Hall–Kier alpha value is -1.42. The maximum atomic E-state index is 12.2. The molecule has 1 amide bonds. The average Bonchev–Trinajstić information content (AvgIpc) is 3.53. The maximum absolute atomic E-state index is 12.2. The fraction of sp³-hybridized carbons (Fsp3) is 0.900. The van der Waals surface area contributed by atoms with Crippen molar-refractivity contribution in [3.05, 3.63) is 0 Å². The van der Waals surface area contributed by atoms with Gasteiger partial charge in [0.1, 0.15) is 0 Å². The van der Waals surface area contributed by atoms with Crippen molar-refractivity contribution < 1.29 is 19.4 Å². The zero-order valence-electron chi connectivity index (χ0n) is 17.5. The zero-order chi connectivity index (χ0) is 20.4. The third-order valence-electron chi connectivity index (χ3n) is 6.96. The number of carboxylic acid groups (broad SMARTS) is 1. The Kier molecular flexibility index (Phi) is 6.58.